The Morgan fingerprint density at radius 2 is 1.68 bits per heavy atom. The van der Waals surface area contributed by atoms with Crippen molar-refractivity contribution in [2.24, 2.45) is 0 Å². The van der Waals surface area contributed by atoms with Gasteiger partial charge in [-0.3, -0.25) is 4.90 Å². The number of amides is 2. The van der Waals surface area contributed by atoms with Gasteiger partial charge >= 0.3 is 12.2 Å². The Labute approximate surface area is 155 Å². The SMILES string of the molecule is CSC1CN(C(=O)OC(C)(C)C)CC1N(CCO)C(=O)OC(C)(C)C. The molecule has 25 heavy (non-hydrogen) atoms. The topological polar surface area (TPSA) is 79.3 Å². The number of hydrogen-bond acceptors (Lipinski definition) is 6. The van der Waals surface area contributed by atoms with Gasteiger partial charge in [0, 0.05) is 24.9 Å². The van der Waals surface area contributed by atoms with Gasteiger partial charge in [0.1, 0.15) is 11.2 Å². The molecule has 1 fully saturated rings. The lowest BCUT2D eigenvalue weighted by Crippen LogP contribution is -2.49. The minimum absolute atomic E-state index is 0.0339. The van der Waals surface area contributed by atoms with Crippen molar-refractivity contribution in [2.75, 3.05) is 32.5 Å². The van der Waals surface area contributed by atoms with E-state index in [9.17, 15) is 14.7 Å². The summed E-state index contributed by atoms with van der Waals surface area (Å²) >= 11 is 1.59. The molecule has 2 unspecified atom stereocenters. The number of thioether (sulfide) groups is 1. The lowest BCUT2D eigenvalue weighted by molar-refractivity contribution is 0.0103. The van der Waals surface area contributed by atoms with E-state index in [2.05, 4.69) is 0 Å². The van der Waals surface area contributed by atoms with Crippen molar-refractivity contribution < 1.29 is 24.2 Å². The first-order valence-electron chi connectivity index (χ1n) is 8.49. The highest BCUT2D eigenvalue weighted by molar-refractivity contribution is 7.99. The lowest BCUT2D eigenvalue weighted by Gasteiger charge is -2.33. The highest BCUT2D eigenvalue weighted by atomic mass is 32.2. The molecule has 1 rings (SSSR count). The molecule has 1 aliphatic heterocycles. The Kier molecular flexibility index (Phi) is 7.43. The Balaban J connectivity index is 2.90. The molecule has 2 atom stereocenters. The number of likely N-dealkylation sites (tertiary alicyclic amines) is 1. The zero-order chi connectivity index (χ0) is 19.4. The van der Waals surface area contributed by atoms with Crippen LogP contribution in [0.5, 0.6) is 0 Å². The molecule has 0 bridgehead atoms. The summed E-state index contributed by atoms with van der Waals surface area (Å²) in [6, 6.07) is -0.232. The van der Waals surface area contributed by atoms with E-state index >= 15 is 0 Å². The second-order valence-electron chi connectivity index (χ2n) is 8.12. The van der Waals surface area contributed by atoms with Gasteiger partial charge in [-0.1, -0.05) is 0 Å². The highest BCUT2D eigenvalue weighted by Gasteiger charge is 2.42. The predicted octanol–water partition coefficient (Wildman–Crippen LogP) is 2.57. The van der Waals surface area contributed by atoms with Crippen molar-refractivity contribution in [3.8, 4) is 0 Å². The first-order valence-corrected chi connectivity index (χ1v) is 9.78. The molecule has 1 N–H and O–H groups in total. The van der Waals surface area contributed by atoms with E-state index in [1.165, 1.54) is 4.90 Å². The minimum Gasteiger partial charge on any atom is -0.444 e. The molecule has 146 valence electrons. The molecule has 0 radical (unpaired) electrons. The van der Waals surface area contributed by atoms with Gasteiger partial charge in [0.15, 0.2) is 0 Å². The summed E-state index contributed by atoms with van der Waals surface area (Å²) in [6.07, 6.45) is 1.08. The quantitative estimate of drug-likeness (QED) is 0.812. The molecular weight excluding hydrogens is 344 g/mol. The van der Waals surface area contributed by atoms with E-state index in [1.54, 1.807) is 37.4 Å². The monoisotopic (exact) mass is 376 g/mol. The van der Waals surface area contributed by atoms with Crippen LogP contribution in [0.1, 0.15) is 41.5 Å². The van der Waals surface area contributed by atoms with Crippen molar-refractivity contribution in [3.63, 3.8) is 0 Å². The number of hydrogen-bond donors (Lipinski definition) is 1. The normalized spacial score (nSPS) is 21.2. The molecule has 0 aromatic carbocycles. The average Bonchev–Trinajstić information content (AvgIpc) is 2.84. The fourth-order valence-electron chi connectivity index (χ4n) is 2.58. The summed E-state index contributed by atoms with van der Waals surface area (Å²) in [7, 11) is 0. The summed E-state index contributed by atoms with van der Waals surface area (Å²) in [5.74, 6) is 0. The molecule has 0 saturated carbocycles. The van der Waals surface area contributed by atoms with Crippen LogP contribution in [0, 0.1) is 0 Å². The summed E-state index contributed by atoms with van der Waals surface area (Å²) < 4.78 is 10.9. The van der Waals surface area contributed by atoms with Crippen molar-refractivity contribution >= 4 is 23.9 Å². The number of carbonyl (C=O) groups excluding carboxylic acids is 2. The third-order valence-corrected chi connectivity index (χ3v) is 4.63. The molecular formula is C17H32N2O5S. The van der Waals surface area contributed by atoms with Crippen molar-refractivity contribution in [2.45, 2.75) is 64.0 Å². The van der Waals surface area contributed by atoms with Gasteiger partial charge in [-0.2, -0.15) is 11.8 Å². The van der Waals surface area contributed by atoms with Crippen LogP contribution in [0.2, 0.25) is 0 Å². The van der Waals surface area contributed by atoms with Gasteiger partial charge in [0.25, 0.3) is 0 Å². The number of aliphatic hydroxyl groups excluding tert-OH is 1. The van der Waals surface area contributed by atoms with Crippen LogP contribution in [-0.4, -0.2) is 82.1 Å². The molecule has 0 aliphatic carbocycles. The maximum Gasteiger partial charge on any atom is 0.410 e. The maximum absolute atomic E-state index is 12.6. The summed E-state index contributed by atoms with van der Waals surface area (Å²) in [5, 5.41) is 9.40. The Morgan fingerprint density at radius 3 is 2.12 bits per heavy atom. The smallest absolute Gasteiger partial charge is 0.410 e. The molecule has 1 heterocycles. The van der Waals surface area contributed by atoms with Crippen LogP contribution in [0.3, 0.4) is 0 Å². The lowest BCUT2D eigenvalue weighted by atomic mass is 10.2. The third kappa shape index (κ3) is 6.93. The minimum atomic E-state index is -0.622. The number of aliphatic hydroxyl groups is 1. The largest absolute Gasteiger partial charge is 0.444 e. The van der Waals surface area contributed by atoms with Crippen LogP contribution in [-0.2, 0) is 9.47 Å². The first kappa shape index (κ1) is 21.9. The molecule has 0 spiro atoms. The van der Waals surface area contributed by atoms with Crippen molar-refractivity contribution in [1.82, 2.24) is 9.80 Å². The number of carbonyl (C=O) groups is 2. The number of rotatable bonds is 4. The second-order valence-corrected chi connectivity index (χ2v) is 9.20. The van der Waals surface area contributed by atoms with Crippen LogP contribution < -0.4 is 0 Å². The Hall–Kier alpha value is -1.15. The fraction of sp³-hybridized carbons (Fsp3) is 0.882. The van der Waals surface area contributed by atoms with E-state index in [4.69, 9.17) is 9.47 Å². The maximum atomic E-state index is 12.6. The van der Waals surface area contributed by atoms with E-state index in [-0.39, 0.29) is 30.5 Å². The highest BCUT2D eigenvalue weighted by Crippen LogP contribution is 2.28. The van der Waals surface area contributed by atoms with Crippen molar-refractivity contribution in [1.29, 1.82) is 0 Å². The van der Waals surface area contributed by atoms with Gasteiger partial charge < -0.3 is 19.5 Å². The third-order valence-electron chi connectivity index (χ3n) is 3.56. The van der Waals surface area contributed by atoms with E-state index < -0.39 is 17.3 Å². The molecule has 2 amide bonds. The van der Waals surface area contributed by atoms with Crippen LogP contribution in [0.15, 0.2) is 0 Å². The summed E-state index contributed by atoms with van der Waals surface area (Å²) in [5.41, 5.74) is -1.19. The Morgan fingerprint density at radius 1 is 1.12 bits per heavy atom. The molecule has 7 nitrogen and oxygen atoms in total. The average molecular weight is 377 g/mol. The van der Waals surface area contributed by atoms with Crippen molar-refractivity contribution in [3.05, 3.63) is 0 Å². The predicted molar refractivity (Wildman–Crippen MR) is 98.9 cm³/mol. The van der Waals surface area contributed by atoms with Crippen LogP contribution >= 0.6 is 11.8 Å². The summed E-state index contributed by atoms with van der Waals surface area (Å²) in [4.78, 5) is 28.1. The molecule has 0 aromatic heterocycles. The van der Waals surface area contributed by atoms with E-state index in [0.29, 0.717) is 13.1 Å². The standard InChI is InChI=1S/C17H32N2O5S/c1-16(2,3)23-14(21)18-10-12(13(11-18)25-7)19(8-9-20)15(22)24-17(4,5)6/h12-13,20H,8-11H2,1-7H3. The molecule has 0 aromatic rings. The van der Waals surface area contributed by atoms with Gasteiger partial charge in [-0.15, -0.1) is 0 Å². The van der Waals surface area contributed by atoms with Gasteiger partial charge in [-0.05, 0) is 47.8 Å². The molecule has 1 saturated heterocycles. The van der Waals surface area contributed by atoms with Gasteiger partial charge in [0.05, 0.1) is 12.6 Å². The Bertz CT molecular complexity index is 473. The fourth-order valence-corrected chi connectivity index (χ4v) is 3.46. The zero-order valence-electron chi connectivity index (χ0n) is 16.4. The number of ether oxygens (including phenoxy) is 2. The molecule has 1 aliphatic rings. The van der Waals surface area contributed by atoms with Crippen LogP contribution in [0.4, 0.5) is 9.59 Å². The van der Waals surface area contributed by atoms with Gasteiger partial charge in [-0.25, -0.2) is 9.59 Å². The molecule has 8 heteroatoms. The zero-order valence-corrected chi connectivity index (χ0v) is 17.2. The van der Waals surface area contributed by atoms with E-state index in [1.807, 2.05) is 27.0 Å². The second kappa shape index (κ2) is 8.49. The van der Waals surface area contributed by atoms with Gasteiger partial charge in [0.2, 0.25) is 0 Å². The van der Waals surface area contributed by atoms with E-state index in [0.717, 1.165) is 0 Å². The summed E-state index contributed by atoms with van der Waals surface area (Å²) in [6.45, 7) is 11.7. The first-order chi connectivity index (χ1) is 11.4. The van der Waals surface area contributed by atoms with Crippen LogP contribution in [0.25, 0.3) is 0 Å². The number of nitrogens with zero attached hydrogens (tertiary/aromatic N) is 2.